The number of benzene rings is 2. The number of Topliss-reactive ketones (excluding diaryl/α,β-unsaturated/α-hetero) is 1. The molecule has 0 fully saturated rings. The van der Waals surface area contributed by atoms with E-state index in [1.807, 2.05) is 36.4 Å². The van der Waals surface area contributed by atoms with Gasteiger partial charge in [0.1, 0.15) is 5.75 Å². The molecular formula is C17H16Br2O2. The summed E-state index contributed by atoms with van der Waals surface area (Å²) in [5, 5.41) is 0. The molecule has 0 spiro atoms. The zero-order valence-corrected chi connectivity index (χ0v) is 15.1. The van der Waals surface area contributed by atoms with Crippen molar-refractivity contribution in [2.45, 2.75) is 19.8 Å². The van der Waals surface area contributed by atoms with E-state index < -0.39 is 0 Å². The summed E-state index contributed by atoms with van der Waals surface area (Å²) in [4.78, 5) is 12.2. The van der Waals surface area contributed by atoms with E-state index >= 15 is 0 Å². The van der Waals surface area contributed by atoms with Crippen LogP contribution in [0, 0.1) is 0 Å². The second-order valence-electron chi connectivity index (χ2n) is 5.03. The van der Waals surface area contributed by atoms with E-state index in [1.54, 1.807) is 6.07 Å². The zero-order chi connectivity index (χ0) is 15.4. The van der Waals surface area contributed by atoms with Crippen LogP contribution >= 0.6 is 31.9 Å². The van der Waals surface area contributed by atoms with Crippen LogP contribution in [-0.4, -0.2) is 12.4 Å². The van der Waals surface area contributed by atoms with Gasteiger partial charge in [0.15, 0.2) is 6.61 Å². The fourth-order valence-electron chi connectivity index (χ4n) is 2.01. The van der Waals surface area contributed by atoms with Crippen LogP contribution in [0.5, 0.6) is 5.75 Å². The standard InChI is InChI=1S/C17H16Br2O2/c1-11(2)14-9-12(18)7-8-17(14)21-10-16(20)13-5-3-4-6-15(13)19/h3-9,11H,10H2,1-2H3. The van der Waals surface area contributed by atoms with Crippen molar-refractivity contribution < 1.29 is 9.53 Å². The molecule has 21 heavy (non-hydrogen) atoms. The maximum atomic E-state index is 12.2. The molecule has 0 amide bonds. The molecule has 4 heteroatoms. The average Bonchev–Trinajstić information content (AvgIpc) is 2.46. The Morgan fingerprint density at radius 3 is 2.52 bits per heavy atom. The van der Waals surface area contributed by atoms with E-state index in [0.717, 1.165) is 20.3 Å². The van der Waals surface area contributed by atoms with Crippen molar-refractivity contribution in [2.75, 3.05) is 6.61 Å². The minimum atomic E-state index is -0.0416. The molecule has 0 aliphatic heterocycles. The molecule has 110 valence electrons. The summed E-state index contributed by atoms with van der Waals surface area (Å²) in [5.41, 5.74) is 1.73. The lowest BCUT2D eigenvalue weighted by Crippen LogP contribution is -2.13. The predicted molar refractivity (Wildman–Crippen MR) is 92.2 cm³/mol. The number of ether oxygens (including phenoxy) is 1. The molecule has 2 nitrogen and oxygen atoms in total. The normalized spacial score (nSPS) is 10.7. The third-order valence-corrected chi connectivity index (χ3v) is 4.31. The first-order valence-corrected chi connectivity index (χ1v) is 8.27. The van der Waals surface area contributed by atoms with Gasteiger partial charge >= 0.3 is 0 Å². The van der Waals surface area contributed by atoms with Gasteiger partial charge in [-0.2, -0.15) is 0 Å². The maximum Gasteiger partial charge on any atom is 0.201 e. The van der Waals surface area contributed by atoms with Crippen LogP contribution in [0.15, 0.2) is 51.4 Å². The van der Waals surface area contributed by atoms with E-state index in [9.17, 15) is 4.79 Å². The molecule has 0 atom stereocenters. The van der Waals surface area contributed by atoms with Crippen molar-refractivity contribution in [3.8, 4) is 5.75 Å². The molecule has 0 bridgehead atoms. The molecule has 0 saturated heterocycles. The fraction of sp³-hybridized carbons (Fsp3) is 0.235. The molecule has 0 heterocycles. The Labute approximate surface area is 141 Å². The van der Waals surface area contributed by atoms with Crippen LogP contribution in [0.2, 0.25) is 0 Å². The zero-order valence-electron chi connectivity index (χ0n) is 11.9. The van der Waals surface area contributed by atoms with Crippen molar-refractivity contribution in [3.05, 3.63) is 62.5 Å². The Balaban J connectivity index is 2.14. The Morgan fingerprint density at radius 1 is 1.14 bits per heavy atom. The first kappa shape index (κ1) is 16.2. The summed E-state index contributed by atoms with van der Waals surface area (Å²) in [6, 6.07) is 13.2. The maximum absolute atomic E-state index is 12.2. The predicted octanol–water partition coefficient (Wildman–Crippen LogP) is 5.60. The highest BCUT2D eigenvalue weighted by atomic mass is 79.9. The van der Waals surface area contributed by atoms with Gasteiger partial charge in [-0.1, -0.05) is 63.9 Å². The molecular weight excluding hydrogens is 396 g/mol. The van der Waals surface area contributed by atoms with Gasteiger partial charge < -0.3 is 4.74 Å². The fourth-order valence-corrected chi connectivity index (χ4v) is 2.90. The number of halogens is 2. The van der Waals surface area contributed by atoms with Gasteiger partial charge in [-0.15, -0.1) is 0 Å². The van der Waals surface area contributed by atoms with Crippen LogP contribution < -0.4 is 4.74 Å². The number of hydrogen-bond donors (Lipinski definition) is 0. The first-order valence-electron chi connectivity index (χ1n) is 6.69. The highest BCUT2D eigenvalue weighted by molar-refractivity contribution is 9.10. The number of rotatable bonds is 5. The molecule has 0 aliphatic carbocycles. The van der Waals surface area contributed by atoms with E-state index in [1.165, 1.54) is 0 Å². The summed E-state index contributed by atoms with van der Waals surface area (Å²) < 4.78 is 7.53. The second-order valence-corrected chi connectivity index (χ2v) is 6.80. The summed E-state index contributed by atoms with van der Waals surface area (Å²) in [6.07, 6.45) is 0. The van der Waals surface area contributed by atoms with Gasteiger partial charge in [0, 0.05) is 14.5 Å². The van der Waals surface area contributed by atoms with E-state index in [2.05, 4.69) is 45.7 Å². The van der Waals surface area contributed by atoms with E-state index in [0.29, 0.717) is 11.5 Å². The highest BCUT2D eigenvalue weighted by Gasteiger charge is 2.13. The van der Waals surface area contributed by atoms with Gasteiger partial charge in [0.05, 0.1) is 0 Å². The Morgan fingerprint density at radius 2 is 1.86 bits per heavy atom. The minimum Gasteiger partial charge on any atom is -0.485 e. The number of carbonyl (C=O) groups excluding carboxylic acids is 1. The number of carbonyl (C=O) groups is 1. The Kier molecular flexibility index (Phi) is 5.59. The first-order chi connectivity index (χ1) is 9.99. The summed E-state index contributed by atoms with van der Waals surface area (Å²) in [7, 11) is 0. The van der Waals surface area contributed by atoms with Gasteiger partial charge in [-0.3, -0.25) is 4.79 Å². The van der Waals surface area contributed by atoms with Gasteiger partial charge in [-0.05, 0) is 35.7 Å². The van der Waals surface area contributed by atoms with Crippen LogP contribution in [-0.2, 0) is 0 Å². The van der Waals surface area contributed by atoms with Gasteiger partial charge in [-0.25, -0.2) is 0 Å². The van der Waals surface area contributed by atoms with Crippen molar-refractivity contribution in [1.29, 1.82) is 0 Å². The van der Waals surface area contributed by atoms with Crippen LogP contribution in [0.1, 0.15) is 35.7 Å². The SMILES string of the molecule is CC(C)c1cc(Br)ccc1OCC(=O)c1ccccc1Br. The smallest absolute Gasteiger partial charge is 0.201 e. The molecule has 0 aliphatic rings. The topological polar surface area (TPSA) is 26.3 Å². The third kappa shape index (κ3) is 4.17. The Bertz CT molecular complexity index is 651. The quantitative estimate of drug-likeness (QED) is 0.598. The third-order valence-electron chi connectivity index (χ3n) is 3.13. The lowest BCUT2D eigenvalue weighted by Gasteiger charge is -2.14. The average molecular weight is 412 g/mol. The van der Waals surface area contributed by atoms with Gasteiger partial charge in [0.25, 0.3) is 0 Å². The summed E-state index contributed by atoms with van der Waals surface area (Å²) in [6.45, 7) is 4.23. The number of hydrogen-bond acceptors (Lipinski definition) is 2. The lowest BCUT2D eigenvalue weighted by molar-refractivity contribution is 0.0920. The summed E-state index contributed by atoms with van der Waals surface area (Å²) in [5.74, 6) is 1.05. The van der Waals surface area contributed by atoms with Crippen LogP contribution in [0.4, 0.5) is 0 Å². The van der Waals surface area contributed by atoms with Crippen molar-refractivity contribution in [2.24, 2.45) is 0 Å². The molecule has 0 radical (unpaired) electrons. The lowest BCUT2D eigenvalue weighted by atomic mass is 10.0. The molecule has 0 saturated carbocycles. The van der Waals surface area contributed by atoms with Crippen LogP contribution in [0.25, 0.3) is 0 Å². The largest absolute Gasteiger partial charge is 0.485 e. The van der Waals surface area contributed by atoms with E-state index in [4.69, 9.17) is 4.74 Å². The molecule has 2 aromatic carbocycles. The molecule has 2 rings (SSSR count). The number of ketones is 1. The second kappa shape index (κ2) is 7.23. The Hall–Kier alpha value is -1.13. The molecule has 0 unspecified atom stereocenters. The van der Waals surface area contributed by atoms with Crippen molar-refractivity contribution in [3.63, 3.8) is 0 Å². The molecule has 2 aromatic rings. The van der Waals surface area contributed by atoms with Crippen LogP contribution in [0.3, 0.4) is 0 Å². The molecule has 0 N–H and O–H groups in total. The van der Waals surface area contributed by atoms with Crippen molar-refractivity contribution in [1.82, 2.24) is 0 Å². The minimum absolute atomic E-state index is 0.0317. The monoisotopic (exact) mass is 410 g/mol. The molecule has 0 aromatic heterocycles. The highest BCUT2D eigenvalue weighted by Crippen LogP contribution is 2.29. The van der Waals surface area contributed by atoms with Crippen molar-refractivity contribution >= 4 is 37.6 Å². The summed E-state index contributed by atoms with van der Waals surface area (Å²) >= 11 is 6.85. The van der Waals surface area contributed by atoms with Gasteiger partial charge in [0.2, 0.25) is 5.78 Å². The van der Waals surface area contributed by atoms with E-state index in [-0.39, 0.29) is 12.4 Å².